The highest BCUT2D eigenvalue weighted by molar-refractivity contribution is 5.72. The van der Waals surface area contributed by atoms with E-state index in [-0.39, 0.29) is 11.8 Å². The summed E-state index contributed by atoms with van der Waals surface area (Å²) in [4.78, 5) is 21.9. The lowest BCUT2D eigenvalue weighted by Gasteiger charge is -1.80. The molecular formula is C12H23NO3. The van der Waals surface area contributed by atoms with Crippen LogP contribution in [0.5, 0.6) is 0 Å². The number of rotatable bonds is 0. The van der Waals surface area contributed by atoms with Crippen molar-refractivity contribution in [3.05, 3.63) is 24.5 Å². The number of methoxy groups -OCH3 is 1. The van der Waals surface area contributed by atoms with Crippen molar-refractivity contribution in [3.63, 3.8) is 0 Å². The van der Waals surface area contributed by atoms with Gasteiger partial charge >= 0.3 is 5.97 Å². The van der Waals surface area contributed by atoms with Gasteiger partial charge in [-0.2, -0.15) is 0 Å². The van der Waals surface area contributed by atoms with Gasteiger partial charge in [-0.15, -0.1) is 0 Å². The molecule has 4 nitrogen and oxygen atoms in total. The highest BCUT2D eigenvalue weighted by Crippen LogP contribution is 1.72. The maximum Gasteiger partial charge on any atom is 0.302 e. The van der Waals surface area contributed by atoms with Crippen LogP contribution in [0.1, 0.15) is 34.6 Å². The van der Waals surface area contributed by atoms with Gasteiger partial charge in [0.15, 0.2) is 0 Å². The van der Waals surface area contributed by atoms with Crippen LogP contribution < -0.4 is 0 Å². The number of carbonyl (C=O) groups is 2. The van der Waals surface area contributed by atoms with Gasteiger partial charge in [0, 0.05) is 19.3 Å². The Morgan fingerprint density at radius 1 is 1.00 bits per heavy atom. The lowest BCUT2D eigenvalue weighted by molar-refractivity contribution is -0.137. The first kappa shape index (κ1) is 19.9. The normalized spacial score (nSPS) is 6.62. The summed E-state index contributed by atoms with van der Waals surface area (Å²) in [6, 6.07) is 3.89. The average Bonchev–Trinajstić information content (AvgIpc) is 2.78. The minimum Gasteiger partial charge on any atom is -0.469 e. The first-order valence-electron chi connectivity index (χ1n) is 5.10. The molecule has 16 heavy (non-hydrogen) atoms. The van der Waals surface area contributed by atoms with Gasteiger partial charge in [-0.3, -0.25) is 4.79 Å². The number of ketones is 1. The van der Waals surface area contributed by atoms with Gasteiger partial charge in [-0.25, -0.2) is 0 Å². The summed E-state index contributed by atoms with van der Waals surface area (Å²) in [6.45, 7) is 8.42. The number of hydrogen-bond acceptors (Lipinski definition) is 3. The zero-order valence-electron chi connectivity index (χ0n) is 11.0. The topological polar surface area (TPSA) is 59.2 Å². The summed E-state index contributed by atoms with van der Waals surface area (Å²) in [5, 5.41) is 0. The van der Waals surface area contributed by atoms with E-state index in [0.717, 1.165) is 0 Å². The molecule has 1 N–H and O–H groups in total. The minimum absolute atomic E-state index is 0.167. The predicted molar refractivity (Wildman–Crippen MR) is 66.2 cm³/mol. The van der Waals surface area contributed by atoms with Crippen LogP contribution in [0.25, 0.3) is 0 Å². The molecule has 0 unspecified atom stereocenters. The van der Waals surface area contributed by atoms with Gasteiger partial charge in [0.1, 0.15) is 5.78 Å². The molecule has 1 aromatic heterocycles. The average molecular weight is 229 g/mol. The first-order chi connectivity index (χ1) is 7.50. The molecule has 0 atom stereocenters. The largest absolute Gasteiger partial charge is 0.469 e. The number of hydrogen-bond donors (Lipinski definition) is 1. The standard InChI is InChI=1S/C4H5N.C3H6O2.C3H6O.C2H6/c1-2-4-5-3-1;1-3(4)5-2;1-3(2)4;1-2/h1-5H;1-2H3;1-2H3;1-2H3. The second-order valence-corrected chi connectivity index (χ2v) is 2.49. The summed E-state index contributed by atoms with van der Waals surface area (Å²) in [6.07, 6.45) is 3.75. The molecule has 0 aromatic carbocycles. The third-order valence-corrected chi connectivity index (χ3v) is 0.783. The molecule has 0 saturated heterocycles. The Hall–Kier alpha value is -1.58. The SMILES string of the molecule is CC.CC(C)=O.COC(C)=O.c1cc[nH]c1. The third-order valence-electron chi connectivity index (χ3n) is 0.783. The number of ether oxygens (including phenoxy) is 1. The van der Waals surface area contributed by atoms with Crippen LogP contribution in [-0.2, 0) is 14.3 Å². The Morgan fingerprint density at radius 2 is 1.25 bits per heavy atom. The molecule has 4 heteroatoms. The van der Waals surface area contributed by atoms with Gasteiger partial charge in [-0.1, -0.05) is 13.8 Å². The molecule has 0 spiro atoms. The van der Waals surface area contributed by atoms with Crippen LogP contribution in [0.4, 0.5) is 0 Å². The Labute approximate surface area is 98.0 Å². The molecule has 0 fully saturated rings. The molecule has 0 saturated carbocycles. The van der Waals surface area contributed by atoms with E-state index >= 15 is 0 Å². The maximum absolute atomic E-state index is 9.59. The van der Waals surface area contributed by atoms with Crippen LogP contribution in [0.2, 0.25) is 0 Å². The van der Waals surface area contributed by atoms with Crippen molar-refractivity contribution in [1.29, 1.82) is 0 Å². The summed E-state index contributed by atoms with van der Waals surface area (Å²) < 4.78 is 4.11. The van der Waals surface area contributed by atoms with E-state index in [1.807, 2.05) is 38.4 Å². The molecule has 0 amide bonds. The maximum atomic E-state index is 9.59. The molecule has 0 aliphatic rings. The number of esters is 1. The van der Waals surface area contributed by atoms with Crippen molar-refractivity contribution in [2.45, 2.75) is 34.6 Å². The molecule has 1 heterocycles. The molecular weight excluding hydrogens is 206 g/mol. The van der Waals surface area contributed by atoms with Crippen molar-refractivity contribution in [3.8, 4) is 0 Å². The lowest BCUT2D eigenvalue weighted by atomic mass is 10.6. The zero-order valence-corrected chi connectivity index (χ0v) is 11.0. The van der Waals surface area contributed by atoms with Gasteiger partial charge in [0.05, 0.1) is 7.11 Å². The number of H-pyrrole nitrogens is 1. The Bertz CT molecular complexity index is 209. The van der Waals surface area contributed by atoms with Crippen molar-refractivity contribution in [1.82, 2.24) is 4.98 Å². The lowest BCUT2D eigenvalue weighted by Crippen LogP contribution is -1.88. The molecule has 0 aliphatic carbocycles. The number of aromatic nitrogens is 1. The highest BCUT2D eigenvalue weighted by Gasteiger charge is 1.75. The summed E-state index contributed by atoms with van der Waals surface area (Å²) in [7, 11) is 1.35. The first-order valence-corrected chi connectivity index (χ1v) is 5.10. The van der Waals surface area contributed by atoms with E-state index in [4.69, 9.17) is 0 Å². The smallest absolute Gasteiger partial charge is 0.302 e. The van der Waals surface area contributed by atoms with Crippen molar-refractivity contribution in [2.24, 2.45) is 0 Å². The van der Waals surface area contributed by atoms with E-state index in [2.05, 4.69) is 9.72 Å². The van der Waals surface area contributed by atoms with E-state index in [1.165, 1.54) is 27.9 Å². The van der Waals surface area contributed by atoms with Gasteiger partial charge in [-0.05, 0) is 26.0 Å². The fourth-order valence-electron chi connectivity index (χ4n) is 0.278. The zero-order chi connectivity index (χ0) is 13.4. The summed E-state index contributed by atoms with van der Waals surface area (Å²) in [5.74, 6) is -0.0787. The Balaban J connectivity index is -0.000000148. The molecule has 94 valence electrons. The van der Waals surface area contributed by atoms with Gasteiger partial charge < -0.3 is 14.5 Å². The van der Waals surface area contributed by atoms with E-state index < -0.39 is 0 Å². The predicted octanol–water partition coefficient (Wildman–Crippen LogP) is 2.82. The monoisotopic (exact) mass is 229 g/mol. The quantitative estimate of drug-likeness (QED) is 0.696. The second kappa shape index (κ2) is 19.1. The van der Waals surface area contributed by atoms with E-state index in [0.29, 0.717) is 0 Å². The summed E-state index contributed by atoms with van der Waals surface area (Å²) in [5.41, 5.74) is 0. The number of carbonyl (C=O) groups excluding carboxylic acids is 2. The number of Topliss-reactive ketones (excluding diaryl/α,β-unsaturated/α-hetero) is 1. The van der Waals surface area contributed by atoms with Crippen LogP contribution in [-0.4, -0.2) is 23.8 Å². The van der Waals surface area contributed by atoms with Crippen molar-refractivity contribution < 1.29 is 14.3 Å². The fourth-order valence-corrected chi connectivity index (χ4v) is 0.278. The van der Waals surface area contributed by atoms with E-state index in [1.54, 1.807) is 0 Å². The molecule has 0 aliphatic heterocycles. The highest BCUT2D eigenvalue weighted by atomic mass is 16.5. The molecule has 1 aromatic rings. The number of nitrogens with one attached hydrogen (secondary N) is 1. The Morgan fingerprint density at radius 3 is 1.31 bits per heavy atom. The van der Waals surface area contributed by atoms with E-state index in [9.17, 15) is 9.59 Å². The van der Waals surface area contributed by atoms with Gasteiger partial charge in [0.2, 0.25) is 0 Å². The number of aromatic amines is 1. The Kier molecular flexibility index (Phi) is 23.7. The minimum atomic E-state index is -0.245. The second-order valence-electron chi connectivity index (χ2n) is 2.49. The van der Waals surface area contributed by atoms with Crippen LogP contribution >= 0.6 is 0 Å². The van der Waals surface area contributed by atoms with Gasteiger partial charge in [0.25, 0.3) is 0 Å². The van der Waals surface area contributed by atoms with Crippen molar-refractivity contribution >= 4 is 11.8 Å². The molecule has 0 bridgehead atoms. The molecule has 0 radical (unpaired) electrons. The fraction of sp³-hybridized carbons (Fsp3) is 0.500. The van der Waals surface area contributed by atoms with Crippen molar-refractivity contribution in [2.75, 3.05) is 7.11 Å². The van der Waals surface area contributed by atoms with Crippen LogP contribution in [0, 0.1) is 0 Å². The third kappa shape index (κ3) is 55.1. The van der Waals surface area contributed by atoms with Crippen LogP contribution in [0.3, 0.4) is 0 Å². The summed E-state index contributed by atoms with van der Waals surface area (Å²) >= 11 is 0. The molecule has 1 rings (SSSR count). The van der Waals surface area contributed by atoms with Crippen LogP contribution in [0.15, 0.2) is 24.5 Å².